The van der Waals surface area contributed by atoms with Gasteiger partial charge < -0.3 is 15.8 Å². The minimum Gasteiger partial charge on any atom is -0.491 e. The monoisotopic (exact) mass is 264 g/mol. The van der Waals surface area contributed by atoms with Gasteiger partial charge in [-0.15, -0.1) is 0 Å². The fourth-order valence-electron chi connectivity index (χ4n) is 1.68. The number of ether oxygens (including phenoxy) is 1. The van der Waals surface area contributed by atoms with Crippen LogP contribution >= 0.6 is 0 Å². The Balaban J connectivity index is 2.71. The molecular weight excluding hydrogens is 240 g/mol. The zero-order valence-electron chi connectivity index (χ0n) is 12.1. The number of nitrogens with one attached hydrogen (secondary N) is 1. The Morgan fingerprint density at radius 1 is 1.32 bits per heavy atom. The molecule has 0 heterocycles. The number of carbonyl (C=O) groups excluding carboxylic acids is 1. The SMILES string of the molecule is CC(C)Oc1cccc(C(C)NC(=O)C(C)CN)c1. The molecule has 3 N–H and O–H groups in total. The van der Waals surface area contributed by atoms with Crippen molar-refractivity contribution in [3.8, 4) is 5.75 Å². The Labute approximate surface area is 115 Å². The van der Waals surface area contributed by atoms with Crippen LogP contribution in [0.1, 0.15) is 39.3 Å². The van der Waals surface area contributed by atoms with Gasteiger partial charge in [-0.25, -0.2) is 0 Å². The van der Waals surface area contributed by atoms with Crippen LogP contribution in [-0.4, -0.2) is 18.6 Å². The molecule has 0 spiro atoms. The summed E-state index contributed by atoms with van der Waals surface area (Å²) in [7, 11) is 0. The summed E-state index contributed by atoms with van der Waals surface area (Å²) in [6.07, 6.45) is 0.136. The van der Waals surface area contributed by atoms with Crippen molar-refractivity contribution < 1.29 is 9.53 Å². The zero-order chi connectivity index (χ0) is 14.4. The van der Waals surface area contributed by atoms with Gasteiger partial charge in [-0.05, 0) is 38.5 Å². The zero-order valence-corrected chi connectivity index (χ0v) is 12.1. The van der Waals surface area contributed by atoms with Crippen LogP contribution in [0.3, 0.4) is 0 Å². The molecule has 4 heteroatoms. The molecule has 2 unspecified atom stereocenters. The van der Waals surface area contributed by atoms with Crippen molar-refractivity contribution in [2.24, 2.45) is 11.7 Å². The number of carbonyl (C=O) groups is 1. The third-order valence-electron chi connectivity index (χ3n) is 2.89. The predicted molar refractivity (Wildman–Crippen MR) is 77.0 cm³/mol. The lowest BCUT2D eigenvalue weighted by atomic mass is 10.1. The molecule has 19 heavy (non-hydrogen) atoms. The molecule has 4 nitrogen and oxygen atoms in total. The van der Waals surface area contributed by atoms with Crippen LogP contribution in [0.4, 0.5) is 0 Å². The van der Waals surface area contributed by atoms with E-state index in [1.807, 2.05) is 52.0 Å². The normalized spacial score (nSPS) is 14.0. The Morgan fingerprint density at radius 3 is 2.58 bits per heavy atom. The summed E-state index contributed by atoms with van der Waals surface area (Å²) < 4.78 is 5.65. The molecule has 0 radical (unpaired) electrons. The quantitative estimate of drug-likeness (QED) is 0.828. The maximum atomic E-state index is 11.8. The number of amides is 1. The second-order valence-corrected chi connectivity index (χ2v) is 5.11. The summed E-state index contributed by atoms with van der Waals surface area (Å²) in [5.74, 6) is 0.628. The van der Waals surface area contributed by atoms with Gasteiger partial charge in [0.25, 0.3) is 0 Å². The van der Waals surface area contributed by atoms with Crippen LogP contribution in [0.2, 0.25) is 0 Å². The topological polar surface area (TPSA) is 64.3 Å². The molecule has 0 saturated heterocycles. The first-order valence-corrected chi connectivity index (χ1v) is 6.71. The molecule has 0 saturated carbocycles. The van der Waals surface area contributed by atoms with Crippen LogP contribution in [0.15, 0.2) is 24.3 Å². The van der Waals surface area contributed by atoms with E-state index >= 15 is 0 Å². The highest BCUT2D eigenvalue weighted by Crippen LogP contribution is 2.20. The number of nitrogens with two attached hydrogens (primary N) is 1. The average molecular weight is 264 g/mol. The summed E-state index contributed by atoms with van der Waals surface area (Å²) in [6.45, 7) is 8.10. The third-order valence-corrected chi connectivity index (χ3v) is 2.89. The minimum absolute atomic E-state index is 0.0230. The van der Waals surface area contributed by atoms with Crippen LogP contribution < -0.4 is 15.8 Å². The molecule has 0 bridgehead atoms. The largest absolute Gasteiger partial charge is 0.491 e. The molecule has 0 aromatic heterocycles. The number of benzene rings is 1. The fourth-order valence-corrected chi connectivity index (χ4v) is 1.68. The van der Waals surface area contributed by atoms with Gasteiger partial charge in [-0.3, -0.25) is 4.79 Å². The Bertz CT molecular complexity index is 418. The third kappa shape index (κ3) is 4.91. The van der Waals surface area contributed by atoms with E-state index < -0.39 is 0 Å². The first kappa shape index (κ1) is 15.5. The van der Waals surface area contributed by atoms with Crippen molar-refractivity contribution in [3.05, 3.63) is 29.8 Å². The van der Waals surface area contributed by atoms with E-state index in [1.54, 1.807) is 0 Å². The second-order valence-electron chi connectivity index (χ2n) is 5.11. The van der Waals surface area contributed by atoms with Gasteiger partial charge in [0.2, 0.25) is 5.91 Å². The first-order valence-electron chi connectivity index (χ1n) is 6.71. The Kier molecular flexibility index (Phi) is 5.83. The van der Waals surface area contributed by atoms with Crippen molar-refractivity contribution in [2.45, 2.75) is 39.8 Å². The molecule has 0 aliphatic rings. The Morgan fingerprint density at radius 2 is 2.00 bits per heavy atom. The Hall–Kier alpha value is -1.55. The molecular formula is C15H24N2O2. The van der Waals surface area contributed by atoms with E-state index in [2.05, 4.69) is 5.32 Å². The average Bonchev–Trinajstić information content (AvgIpc) is 2.37. The molecule has 106 valence electrons. The van der Waals surface area contributed by atoms with Gasteiger partial charge >= 0.3 is 0 Å². The van der Waals surface area contributed by atoms with E-state index in [9.17, 15) is 4.79 Å². The van der Waals surface area contributed by atoms with Gasteiger partial charge in [0, 0.05) is 12.5 Å². The van der Waals surface area contributed by atoms with Crippen LogP contribution in [0.5, 0.6) is 5.75 Å². The van der Waals surface area contributed by atoms with Crippen molar-refractivity contribution in [1.29, 1.82) is 0 Å². The van der Waals surface area contributed by atoms with E-state index in [0.29, 0.717) is 6.54 Å². The van der Waals surface area contributed by atoms with Gasteiger partial charge in [-0.1, -0.05) is 19.1 Å². The molecule has 0 aliphatic heterocycles. The van der Waals surface area contributed by atoms with Gasteiger partial charge in [-0.2, -0.15) is 0 Å². The molecule has 1 rings (SSSR count). The highest BCUT2D eigenvalue weighted by atomic mass is 16.5. The molecule has 1 aromatic carbocycles. The number of rotatable bonds is 6. The molecule has 0 fully saturated rings. The fraction of sp³-hybridized carbons (Fsp3) is 0.533. The van der Waals surface area contributed by atoms with Crippen molar-refractivity contribution in [1.82, 2.24) is 5.32 Å². The minimum atomic E-state index is -0.169. The van der Waals surface area contributed by atoms with Crippen molar-refractivity contribution in [2.75, 3.05) is 6.54 Å². The number of hydrogen-bond acceptors (Lipinski definition) is 3. The van der Waals surface area contributed by atoms with E-state index in [0.717, 1.165) is 11.3 Å². The van der Waals surface area contributed by atoms with E-state index in [4.69, 9.17) is 10.5 Å². The van der Waals surface area contributed by atoms with Crippen LogP contribution in [0.25, 0.3) is 0 Å². The van der Waals surface area contributed by atoms with E-state index in [-0.39, 0.29) is 24.0 Å². The highest BCUT2D eigenvalue weighted by molar-refractivity contribution is 5.78. The van der Waals surface area contributed by atoms with Gasteiger partial charge in [0.1, 0.15) is 5.75 Å². The molecule has 1 amide bonds. The summed E-state index contributed by atoms with van der Waals surface area (Å²) in [5, 5.41) is 2.95. The lowest BCUT2D eigenvalue weighted by Crippen LogP contribution is -2.34. The summed E-state index contributed by atoms with van der Waals surface area (Å²) in [6, 6.07) is 7.73. The van der Waals surface area contributed by atoms with Crippen molar-refractivity contribution in [3.63, 3.8) is 0 Å². The molecule has 1 aromatic rings. The molecule has 2 atom stereocenters. The lowest BCUT2D eigenvalue weighted by Gasteiger charge is -2.18. The van der Waals surface area contributed by atoms with E-state index in [1.165, 1.54) is 0 Å². The number of hydrogen-bond donors (Lipinski definition) is 2. The van der Waals surface area contributed by atoms with Crippen molar-refractivity contribution >= 4 is 5.91 Å². The molecule has 0 aliphatic carbocycles. The maximum Gasteiger partial charge on any atom is 0.224 e. The summed E-state index contributed by atoms with van der Waals surface area (Å²) >= 11 is 0. The summed E-state index contributed by atoms with van der Waals surface area (Å²) in [4.78, 5) is 11.8. The predicted octanol–water partition coefficient (Wildman–Crippen LogP) is 2.25. The van der Waals surface area contributed by atoms with Gasteiger partial charge in [0.05, 0.1) is 12.1 Å². The van der Waals surface area contributed by atoms with Gasteiger partial charge in [0.15, 0.2) is 0 Å². The van der Waals surface area contributed by atoms with Crippen LogP contribution in [0, 0.1) is 5.92 Å². The second kappa shape index (κ2) is 7.14. The standard InChI is InChI=1S/C15H24N2O2/c1-10(2)19-14-7-5-6-13(8-14)12(4)17-15(18)11(3)9-16/h5-8,10-12H,9,16H2,1-4H3,(H,17,18). The summed E-state index contributed by atoms with van der Waals surface area (Å²) in [5.41, 5.74) is 6.51. The lowest BCUT2D eigenvalue weighted by molar-refractivity contribution is -0.124. The first-order chi connectivity index (χ1) is 8.93. The van der Waals surface area contributed by atoms with Crippen LogP contribution in [-0.2, 0) is 4.79 Å². The maximum absolute atomic E-state index is 11.8. The highest BCUT2D eigenvalue weighted by Gasteiger charge is 2.15. The smallest absolute Gasteiger partial charge is 0.224 e.